The van der Waals surface area contributed by atoms with Gasteiger partial charge in [-0.3, -0.25) is 4.79 Å². The van der Waals surface area contributed by atoms with Gasteiger partial charge in [0.15, 0.2) is 0 Å². The average molecular weight is 183 g/mol. The van der Waals surface area contributed by atoms with Crippen molar-refractivity contribution in [2.45, 2.75) is 38.6 Å². The normalized spacial score (nSPS) is 10.6. The Hall–Kier alpha value is -1.01. The summed E-state index contributed by atoms with van der Waals surface area (Å²) in [7, 11) is 0. The first kappa shape index (κ1) is 12.0. The van der Waals surface area contributed by atoms with Gasteiger partial charge >= 0.3 is 0 Å². The molecule has 0 heterocycles. The van der Waals surface area contributed by atoms with Crippen LogP contribution in [-0.4, -0.2) is 23.2 Å². The molecule has 0 rings (SSSR count). The van der Waals surface area contributed by atoms with Gasteiger partial charge < -0.3 is 10.4 Å². The minimum Gasteiger partial charge on any atom is -0.396 e. The Bertz CT molecular complexity index is 203. The van der Waals surface area contributed by atoms with Crippen molar-refractivity contribution in [3.05, 3.63) is 0 Å². The molecule has 13 heavy (non-hydrogen) atoms. The smallest absolute Gasteiger partial charge is 0.221 e. The molecule has 0 bridgehead atoms. The molecular weight excluding hydrogens is 166 g/mol. The second kappa shape index (κ2) is 5.60. The Morgan fingerprint density at radius 1 is 1.62 bits per heavy atom. The van der Waals surface area contributed by atoms with Crippen molar-refractivity contribution in [2.24, 2.45) is 0 Å². The third-order valence-corrected chi connectivity index (χ3v) is 1.71. The van der Waals surface area contributed by atoms with Crippen LogP contribution < -0.4 is 5.32 Å². The Labute approximate surface area is 79.5 Å². The third kappa shape index (κ3) is 6.18. The Morgan fingerprint density at radius 3 is 2.69 bits per heavy atom. The predicted octanol–water partition coefficient (Wildman–Crippen LogP) is 0.677. The Kier molecular flexibility index (Phi) is 5.17. The van der Waals surface area contributed by atoms with Crippen molar-refractivity contribution in [2.75, 3.05) is 6.61 Å². The monoisotopic (exact) mass is 183 g/mol. The second-order valence-electron chi connectivity index (χ2n) is 3.61. The molecular formula is C10H17NO2. The molecule has 2 N–H and O–H groups in total. The van der Waals surface area contributed by atoms with E-state index in [1.165, 1.54) is 0 Å². The molecule has 0 aliphatic heterocycles. The summed E-state index contributed by atoms with van der Waals surface area (Å²) in [6.07, 6.45) is 6.39. The lowest BCUT2D eigenvalue weighted by Crippen LogP contribution is -2.43. The minimum absolute atomic E-state index is 0.0589. The SMILES string of the molecule is C#CCCC(=O)NC(C)(C)CCO. The van der Waals surface area contributed by atoms with Crippen LogP contribution in [0.1, 0.15) is 33.1 Å². The highest BCUT2D eigenvalue weighted by atomic mass is 16.3. The van der Waals surface area contributed by atoms with Crippen molar-refractivity contribution in [1.29, 1.82) is 0 Å². The van der Waals surface area contributed by atoms with Gasteiger partial charge in [0, 0.05) is 25.0 Å². The zero-order chi connectivity index (χ0) is 10.3. The zero-order valence-corrected chi connectivity index (χ0v) is 8.26. The molecule has 0 radical (unpaired) electrons. The summed E-state index contributed by atoms with van der Waals surface area (Å²) in [6.45, 7) is 3.82. The zero-order valence-electron chi connectivity index (χ0n) is 8.26. The van der Waals surface area contributed by atoms with Crippen LogP contribution in [0.4, 0.5) is 0 Å². The largest absolute Gasteiger partial charge is 0.396 e. The molecule has 0 aromatic heterocycles. The van der Waals surface area contributed by atoms with Gasteiger partial charge in [0.2, 0.25) is 5.91 Å². The van der Waals surface area contributed by atoms with E-state index in [9.17, 15) is 4.79 Å². The number of aliphatic hydroxyl groups excluding tert-OH is 1. The fraction of sp³-hybridized carbons (Fsp3) is 0.700. The summed E-state index contributed by atoms with van der Waals surface area (Å²) < 4.78 is 0. The van der Waals surface area contributed by atoms with Crippen LogP contribution in [0.5, 0.6) is 0 Å². The summed E-state index contributed by atoms with van der Waals surface area (Å²) >= 11 is 0. The first-order chi connectivity index (χ1) is 6.02. The van der Waals surface area contributed by atoms with Gasteiger partial charge in [-0.2, -0.15) is 0 Å². The summed E-state index contributed by atoms with van der Waals surface area (Å²) in [5.41, 5.74) is -0.347. The topological polar surface area (TPSA) is 49.3 Å². The van der Waals surface area contributed by atoms with Crippen LogP contribution in [0, 0.1) is 12.3 Å². The van der Waals surface area contributed by atoms with Gasteiger partial charge in [-0.1, -0.05) is 0 Å². The molecule has 0 atom stereocenters. The molecule has 0 unspecified atom stereocenters. The van der Waals surface area contributed by atoms with E-state index in [1.807, 2.05) is 13.8 Å². The van der Waals surface area contributed by atoms with E-state index in [-0.39, 0.29) is 18.1 Å². The lowest BCUT2D eigenvalue weighted by Gasteiger charge is -2.25. The molecule has 0 spiro atoms. The lowest BCUT2D eigenvalue weighted by molar-refractivity contribution is -0.122. The number of carbonyl (C=O) groups excluding carboxylic acids is 1. The third-order valence-electron chi connectivity index (χ3n) is 1.71. The first-order valence-electron chi connectivity index (χ1n) is 4.37. The number of aliphatic hydroxyl groups is 1. The summed E-state index contributed by atoms with van der Waals surface area (Å²) in [5.74, 6) is 2.35. The van der Waals surface area contributed by atoms with E-state index in [0.29, 0.717) is 19.3 Å². The molecule has 3 nitrogen and oxygen atoms in total. The average Bonchev–Trinajstić information content (AvgIpc) is 1.99. The molecule has 0 aromatic carbocycles. The van der Waals surface area contributed by atoms with Gasteiger partial charge in [-0.25, -0.2) is 0 Å². The Balaban J connectivity index is 3.83. The number of hydrogen-bond donors (Lipinski definition) is 2. The number of hydrogen-bond acceptors (Lipinski definition) is 2. The van der Waals surface area contributed by atoms with E-state index < -0.39 is 0 Å². The van der Waals surface area contributed by atoms with Gasteiger partial charge in [0.25, 0.3) is 0 Å². The molecule has 0 aliphatic carbocycles. The number of amides is 1. The van der Waals surface area contributed by atoms with E-state index in [0.717, 1.165) is 0 Å². The lowest BCUT2D eigenvalue weighted by atomic mass is 10.0. The van der Waals surface area contributed by atoms with Crippen molar-refractivity contribution >= 4 is 5.91 Å². The fourth-order valence-electron chi connectivity index (χ4n) is 0.968. The fourth-order valence-corrected chi connectivity index (χ4v) is 0.968. The van der Waals surface area contributed by atoms with Gasteiger partial charge in [-0.05, 0) is 20.3 Å². The van der Waals surface area contributed by atoms with Crippen LogP contribution in [0.2, 0.25) is 0 Å². The second-order valence-corrected chi connectivity index (χ2v) is 3.61. The number of rotatable bonds is 5. The van der Waals surface area contributed by atoms with Crippen LogP contribution >= 0.6 is 0 Å². The van der Waals surface area contributed by atoms with Crippen molar-refractivity contribution in [3.8, 4) is 12.3 Å². The molecule has 3 heteroatoms. The maximum Gasteiger partial charge on any atom is 0.221 e. The van der Waals surface area contributed by atoms with Gasteiger partial charge in [0.05, 0.1) is 0 Å². The highest BCUT2D eigenvalue weighted by molar-refractivity contribution is 5.76. The van der Waals surface area contributed by atoms with Crippen molar-refractivity contribution < 1.29 is 9.90 Å². The van der Waals surface area contributed by atoms with Gasteiger partial charge in [0.1, 0.15) is 0 Å². The molecule has 0 saturated heterocycles. The molecule has 0 aliphatic rings. The van der Waals surface area contributed by atoms with Crippen LogP contribution in [0.25, 0.3) is 0 Å². The van der Waals surface area contributed by atoms with Crippen molar-refractivity contribution in [1.82, 2.24) is 5.32 Å². The summed E-state index contributed by atoms with van der Waals surface area (Å²) in [6, 6.07) is 0. The predicted molar refractivity (Wildman–Crippen MR) is 52.0 cm³/mol. The first-order valence-corrected chi connectivity index (χ1v) is 4.37. The molecule has 74 valence electrons. The standard InChI is InChI=1S/C10H17NO2/c1-4-5-6-9(13)11-10(2,3)7-8-12/h1,12H,5-8H2,2-3H3,(H,11,13). The quantitative estimate of drug-likeness (QED) is 0.616. The van der Waals surface area contributed by atoms with E-state index in [2.05, 4.69) is 11.2 Å². The number of nitrogens with one attached hydrogen (secondary N) is 1. The van der Waals surface area contributed by atoms with E-state index >= 15 is 0 Å². The van der Waals surface area contributed by atoms with Crippen LogP contribution in [0.15, 0.2) is 0 Å². The highest BCUT2D eigenvalue weighted by Crippen LogP contribution is 2.07. The highest BCUT2D eigenvalue weighted by Gasteiger charge is 2.18. The number of terminal acetylenes is 1. The maximum atomic E-state index is 11.2. The number of carbonyl (C=O) groups is 1. The molecule has 0 fully saturated rings. The van der Waals surface area contributed by atoms with E-state index in [1.54, 1.807) is 0 Å². The molecule has 1 amide bonds. The van der Waals surface area contributed by atoms with Crippen molar-refractivity contribution in [3.63, 3.8) is 0 Å². The minimum atomic E-state index is -0.347. The van der Waals surface area contributed by atoms with Gasteiger partial charge in [-0.15, -0.1) is 12.3 Å². The molecule has 0 aromatic rings. The van der Waals surface area contributed by atoms with Crippen LogP contribution in [0.3, 0.4) is 0 Å². The Morgan fingerprint density at radius 2 is 2.23 bits per heavy atom. The van der Waals surface area contributed by atoms with E-state index in [4.69, 9.17) is 11.5 Å². The molecule has 0 saturated carbocycles. The maximum absolute atomic E-state index is 11.2. The summed E-state index contributed by atoms with van der Waals surface area (Å²) in [4.78, 5) is 11.2. The summed E-state index contributed by atoms with van der Waals surface area (Å²) in [5, 5.41) is 11.5. The van der Waals surface area contributed by atoms with Crippen LogP contribution in [-0.2, 0) is 4.79 Å².